The first-order valence-electron chi connectivity index (χ1n) is 8.32. The van der Waals surface area contributed by atoms with E-state index in [1.165, 1.54) is 36.6 Å². The van der Waals surface area contributed by atoms with E-state index in [2.05, 4.69) is 50.4 Å². The highest BCUT2D eigenvalue weighted by atomic mass is 15.6. The Labute approximate surface area is 131 Å². The molecule has 1 aromatic heterocycles. The molecule has 116 valence electrons. The molecule has 2 aliphatic heterocycles. The SMILES string of the molecule is Cc1cccc2ncnc(N3CCCCC3N3CCCN3)c12. The normalized spacial score (nSPS) is 23.3. The number of aromatic nitrogens is 2. The fourth-order valence-electron chi connectivity index (χ4n) is 3.77. The number of hydrogen-bond donors (Lipinski definition) is 1. The third-order valence-corrected chi connectivity index (χ3v) is 4.84. The molecule has 0 saturated carbocycles. The predicted molar refractivity (Wildman–Crippen MR) is 88.6 cm³/mol. The van der Waals surface area contributed by atoms with Gasteiger partial charge in [-0.05, 0) is 44.2 Å². The fraction of sp³-hybridized carbons (Fsp3) is 0.529. The number of aryl methyl sites for hydroxylation is 1. The molecule has 2 fully saturated rings. The van der Waals surface area contributed by atoms with Gasteiger partial charge in [-0.3, -0.25) is 5.43 Å². The van der Waals surface area contributed by atoms with E-state index in [1.54, 1.807) is 6.33 Å². The lowest BCUT2D eigenvalue weighted by atomic mass is 10.0. The molecule has 22 heavy (non-hydrogen) atoms. The number of rotatable bonds is 2. The van der Waals surface area contributed by atoms with Crippen molar-refractivity contribution >= 4 is 16.7 Å². The van der Waals surface area contributed by atoms with Crippen molar-refractivity contribution in [3.8, 4) is 0 Å². The van der Waals surface area contributed by atoms with Crippen molar-refractivity contribution in [2.45, 2.75) is 38.8 Å². The second kappa shape index (κ2) is 5.82. The highest BCUT2D eigenvalue weighted by Crippen LogP contribution is 2.32. The van der Waals surface area contributed by atoms with Crippen molar-refractivity contribution in [1.29, 1.82) is 0 Å². The minimum absolute atomic E-state index is 0.411. The van der Waals surface area contributed by atoms with Gasteiger partial charge in [0.05, 0.1) is 11.7 Å². The number of hydrogen-bond acceptors (Lipinski definition) is 5. The van der Waals surface area contributed by atoms with Crippen molar-refractivity contribution in [1.82, 2.24) is 20.4 Å². The summed E-state index contributed by atoms with van der Waals surface area (Å²) in [6.45, 7) is 5.45. The van der Waals surface area contributed by atoms with Crippen LogP contribution >= 0.6 is 0 Å². The quantitative estimate of drug-likeness (QED) is 0.922. The summed E-state index contributed by atoms with van der Waals surface area (Å²) in [5.41, 5.74) is 5.84. The van der Waals surface area contributed by atoms with E-state index in [9.17, 15) is 0 Å². The van der Waals surface area contributed by atoms with E-state index in [-0.39, 0.29) is 0 Å². The predicted octanol–water partition coefficient (Wildman–Crippen LogP) is 2.46. The average Bonchev–Trinajstić information content (AvgIpc) is 3.09. The summed E-state index contributed by atoms with van der Waals surface area (Å²) in [6, 6.07) is 6.31. The van der Waals surface area contributed by atoms with Crippen LogP contribution in [-0.2, 0) is 0 Å². The molecule has 1 aromatic carbocycles. The van der Waals surface area contributed by atoms with Gasteiger partial charge in [0.2, 0.25) is 0 Å². The van der Waals surface area contributed by atoms with Crippen LogP contribution in [0.25, 0.3) is 10.9 Å². The zero-order valence-electron chi connectivity index (χ0n) is 13.1. The molecule has 0 bridgehead atoms. The van der Waals surface area contributed by atoms with Gasteiger partial charge in [-0.25, -0.2) is 15.0 Å². The summed E-state index contributed by atoms with van der Waals surface area (Å²) in [7, 11) is 0. The van der Waals surface area contributed by atoms with Crippen molar-refractivity contribution in [2.24, 2.45) is 0 Å². The standard InChI is InChI=1S/C17H23N5/c1-13-6-4-7-14-16(13)17(19-12-18-14)21-10-3-2-8-15(21)22-11-5-9-20-22/h4,6-7,12,15,20H,2-3,5,8-11H2,1H3. The molecule has 0 spiro atoms. The van der Waals surface area contributed by atoms with Crippen molar-refractivity contribution in [3.05, 3.63) is 30.1 Å². The minimum Gasteiger partial charge on any atom is -0.339 e. The Hall–Kier alpha value is -1.72. The molecule has 5 heteroatoms. The lowest BCUT2D eigenvalue weighted by Crippen LogP contribution is -2.54. The first kappa shape index (κ1) is 13.9. The monoisotopic (exact) mass is 297 g/mol. The van der Waals surface area contributed by atoms with Gasteiger partial charge < -0.3 is 4.90 Å². The van der Waals surface area contributed by atoms with E-state index < -0.39 is 0 Å². The third kappa shape index (κ3) is 2.34. The summed E-state index contributed by atoms with van der Waals surface area (Å²) in [6.07, 6.45) is 7.08. The van der Waals surface area contributed by atoms with Gasteiger partial charge >= 0.3 is 0 Å². The van der Waals surface area contributed by atoms with Crippen molar-refractivity contribution in [2.75, 3.05) is 24.5 Å². The van der Waals surface area contributed by atoms with Gasteiger partial charge in [-0.15, -0.1) is 0 Å². The molecule has 0 amide bonds. The van der Waals surface area contributed by atoms with Crippen LogP contribution in [0, 0.1) is 6.92 Å². The van der Waals surface area contributed by atoms with Gasteiger partial charge in [0.25, 0.3) is 0 Å². The summed E-state index contributed by atoms with van der Waals surface area (Å²) in [5.74, 6) is 1.10. The molecule has 1 unspecified atom stereocenters. The topological polar surface area (TPSA) is 44.3 Å². The number of hydrazine groups is 1. The Kier molecular flexibility index (Phi) is 3.68. The van der Waals surface area contributed by atoms with Gasteiger partial charge in [0, 0.05) is 25.0 Å². The highest BCUT2D eigenvalue weighted by Gasteiger charge is 2.31. The van der Waals surface area contributed by atoms with Gasteiger partial charge in [-0.2, -0.15) is 0 Å². The Morgan fingerprint density at radius 3 is 2.95 bits per heavy atom. The van der Waals surface area contributed by atoms with E-state index in [4.69, 9.17) is 0 Å². The Bertz CT molecular complexity index is 660. The van der Waals surface area contributed by atoms with Crippen LogP contribution in [0.2, 0.25) is 0 Å². The van der Waals surface area contributed by atoms with Gasteiger partial charge in [0.1, 0.15) is 12.1 Å². The molecule has 1 atom stereocenters. The van der Waals surface area contributed by atoms with Crippen LogP contribution in [0.1, 0.15) is 31.2 Å². The maximum absolute atomic E-state index is 4.67. The van der Waals surface area contributed by atoms with Crippen LogP contribution in [-0.4, -0.2) is 40.8 Å². The Morgan fingerprint density at radius 2 is 2.09 bits per heavy atom. The lowest BCUT2D eigenvalue weighted by molar-refractivity contribution is 0.144. The molecule has 2 aliphatic rings. The summed E-state index contributed by atoms with van der Waals surface area (Å²) < 4.78 is 0. The van der Waals surface area contributed by atoms with E-state index in [0.717, 1.165) is 31.0 Å². The summed E-state index contributed by atoms with van der Waals surface area (Å²) in [5, 5.41) is 3.61. The molecule has 5 nitrogen and oxygen atoms in total. The molecular formula is C17H23N5. The smallest absolute Gasteiger partial charge is 0.141 e. The second-order valence-electron chi connectivity index (χ2n) is 6.29. The number of nitrogens with one attached hydrogen (secondary N) is 1. The van der Waals surface area contributed by atoms with Gasteiger partial charge in [0.15, 0.2) is 0 Å². The number of anilines is 1. The molecule has 0 radical (unpaired) electrons. The van der Waals surface area contributed by atoms with E-state index in [0.29, 0.717) is 6.17 Å². The minimum atomic E-state index is 0.411. The number of benzene rings is 1. The zero-order valence-corrected chi connectivity index (χ0v) is 13.1. The van der Waals surface area contributed by atoms with E-state index in [1.807, 2.05) is 0 Å². The zero-order chi connectivity index (χ0) is 14.9. The fourth-order valence-corrected chi connectivity index (χ4v) is 3.77. The molecule has 0 aliphatic carbocycles. The number of fused-ring (bicyclic) bond motifs is 1. The Balaban J connectivity index is 1.78. The molecule has 4 rings (SSSR count). The molecule has 2 saturated heterocycles. The molecule has 3 heterocycles. The number of piperidine rings is 1. The Morgan fingerprint density at radius 1 is 1.14 bits per heavy atom. The summed E-state index contributed by atoms with van der Waals surface area (Å²) >= 11 is 0. The van der Waals surface area contributed by atoms with Crippen LogP contribution < -0.4 is 10.3 Å². The average molecular weight is 297 g/mol. The first-order valence-corrected chi connectivity index (χ1v) is 8.32. The van der Waals surface area contributed by atoms with Crippen LogP contribution in [0.15, 0.2) is 24.5 Å². The largest absolute Gasteiger partial charge is 0.339 e. The van der Waals surface area contributed by atoms with Crippen LogP contribution in [0.3, 0.4) is 0 Å². The maximum atomic E-state index is 4.67. The van der Waals surface area contributed by atoms with E-state index >= 15 is 0 Å². The highest BCUT2D eigenvalue weighted by molar-refractivity contribution is 5.92. The second-order valence-corrected chi connectivity index (χ2v) is 6.29. The first-order chi connectivity index (χ1) is 10.8. The lowest BCUT2D eigenvalue weighted by Gasteiger charge is -2.41. The molecular weight excluding hydrogens is 274 g/mol. The maximum Gasteiger partial charge on any atom is 0.141 e. The van der Waals surface area contributed by atoms with Crippen LogP contribution in [0.4, 0.5) is 5.82 Å². The molecule has 2 aromatic rings. The third-order valence-electron chi connectivity index (χ3n) is 4.84. The van der Waals surface area contributed by atoms with Gasteiger partial charge in [-0.1, -0.05) is 12.1 Å². The molecule has 1 N–H and O–H groups in total. The van der Waals surface area contributed by atoms with Crippen LogP contribution in [0.5, 0.6) is 0 Å². The van der Waals surface area contributed by atoms with Crippen molar-refractivity contribution < 1.29 is 0 Å². The summed E-state index contributed by atoms with van der Waals surface area (Å²) in [4.78, 5) is 11.6. The van der Waals surface area contributed by atoms with Crippen molar-refractivity contribution in [3.63, 3.8) is 0 Å². The number of nitrogens with zero attached hydrogens (tertiary/aromatic N) is 4.